The van der Waals surface area contributed by atoms with Crippen LogP contribution in [0, 0.1) is 0 Å². The fraction of sp³-hybridized carbons (Fsp3) is 0.308. The number of hydrogen-bond donors (Lipinski definition) is 3. The quantitative estimate of drug-likeness (QED) is 0.688. The van der Waals surface area contributed by atoms with Gasteiger partial charge in [0, 0.05) is 0 Å². The molecule has 124 valence electrons. The van der Waals surface area contributed by atoms with Gasteiger partial charge in [0.25, 0.3) is 0 Å². The second kappa shape index (κ2) is 8.20. The van der Waals surface area contributed by atoms with Crippen LogP contribution in [0.25, 0.3) is 0 Å². The normalized spacial score (nSPS) is 9.82. The smallest absolute Gasteiger partial charge is 0.335 e. The predicted molar refractivity (Wildman–Crippen MR) is 78.0 cm³/mol. The second-order valence-electron chi connectivity index (χ2n) is 5.50. The molecule has 0 aliphatic carbocycles. The van der Waals surface area contributed by atoms with Crippen LogP contribution >= 0.6 is 12.4 Å². The summed E-state index contributed by atoms with van der Waals surface area (Å²) in [6.07, 6.45) is 0. The Kier molecular flexibility index (Phi) is 8.19. The summed E-state index contributed by atoms with van der Waals surface area (Å²) in [5.74, 6) is -6.07. The first kappa shape index (κ1) is 22.0. The van der Waals surface area contributed by atoms with Crippen molar-refractivity contribution in [1.29, 1.82) is 0 Å². The third-order valence-electron chi connectivity index (χ3n) is 1.80. The van der Waals surface area contributed by atoms with E-state index in [2.05, 4.69) is 28.2 Å². The molecule has 0 heterocycles. The Balaban J connectivity index is 0. The highest BCUT2D eigenvalue weighted by Crippen LogP contribution is 2.22. The van der Waals surface area contributed by atoms with E-state index >= 15 is 0 Å². The molecule has 0 saturated heterocycles. The summed E-state index contributed by atoms with van der Waals surface area (Å²) in [6, 6.07) is 1.25. The summed E-state index contributed by atoms with van der Waals surface area (Å²) in [5.41, 5.74) is -2.32. The molecule has 9 heteroatoms. The lowest BCUT2D eigenvalue weighted by Gasteiger charge is -2.14. The van der Waals surface area contributed by atoms with Crippen LogP contribution in [0.2, 0.25) is 0 Å². The maximum absolute atomic E-state index is 11.3. The fourth-order valence-corrected chi connectivity index (χ4v) is 1.07. The fourth-order valence-electron chi connectivity index (χ4n) is 1.07. The Labute approximate surface area is 133 Å². The van der Waals surface area contributed by atoms with E-state index in [1.807, 2.05) is 0 Å². The molecule has 3 N–H and O–H groups in total. The minimum absolute atomic E-state index is 0. The van der Waals surface area contributed by atoms with Gasteiger partial charge in [-0.2, -0.15) is 0 Å². The molecule has 0 atom stereocenters. The molecular formula is C13H18ClNO7. The lowest BCUT2D eigenvalue weighted by atomic mass is 10.0. The van der Waals surface area contributed by atoms with Crippen molar-refractivity contribution in [1.82, 2.24) is 0 Å². The molecular weight excluding hydrogens is 318 g/mol. The standard InChI is InChI=1S/C9H6O7.C4H12N.ClH/c10-6-4(8(13)14)1-3(7(11)12)2-5(6)9(15)16;1-5(2,3)4;/h1-2,10H,(H,11,12)(H,13,14)(H,15,16);1-4H3;1H/q;+1;/p-1. The predicted octanol–water partition coefficient (Wildman–Crippen LogP) is 0.599. The molecule has 8 nitrogen and oxygen atoms in total. The van der Waals surface area contributed by atoms with Crippen LogP contribution in [0.4, 0.5) is 0 Å². The van der Waals surface area contributed by atoms with Crippen LogP contribution in [0.5, 0.6) is 5.75 Å². The van der Waals surface area contributed by atoms with Crippen LogP contribution in [0.15, 0.2) is 12.1 Å². The van der Waals surface area contributed by atoms with Crippen LogP contribution in [0.3, 0.4) is 0 Å². The van der Waals surface area contributed by atoms with E-state index in [4.69, 9.17) is 15.3 Å². The monoisotopic (exact) mass is 335 g/mol. The van der Waals surface area contributed by atoms with Gasteiger partial charge in [-0.25, -0.2) is 14.4 Å². The summed E-state index contributed by atoms with van der Waals surface area (Å²) in [6.45, 7) is 0. The molecule has 22 heavy (non-hydrogen) atoms. The Bertz CT molecular complexity index is 537. The van der Waals surface area contributed by atoms with Crippen LogP contribution in [-0.2, 0) is 0 Å². The van der Waals surface area contributed by atoms with Crippen LogP contribution < -0.4 is 5.11 Å². The van der Waals surface area contributed by atoms with Gasteiger partial charge in [-0.3, -0.25) is 0 Å². The Morgan fingerprint density at radius 2 is 1.14 bits per heavy atom. The zero-order chi connectivity index (χ0) is 17.0. The van der Waals surface area contributed by atoms with Gasteiger partial charge in [-0.15, -0.1) is 12.4 Å². The summed E-state index contributed by atoms with van der Waals surface area (Å²) >= 11 is 0. The molecule has 0 saturated carbocycles. The van der Waals surface area contributed by atoms with Gasteiger partial charge in [0.2, 0.25) is 0 Å². The number of nitrogens with zero attached hydrogens (tertiary/aromatic N) is 1. The van der Waals surface area contributed by atoms with Crippen molar-refractivity contribution in [2.75, 3.05) is 28.2 Å². The number of rotatable bonds is 3. The zero-order valence-corrected chi connectivity index (χ0v) is 13.3. The average Bonchev–Trinajstić information content (AvgIpc) is 2.25. The van der Waals surface area contributed by atoms with Gasteiger partial charge >= 0.3 is 17.9 Å². The van der Waals surface area contributed by atoms with Crippen molar-refractivity contribution in [3.63, 3.8) is 0 Å². The topological polar surface area (TPSA) is 135 Å². The van der Waals surface area contributed by atoms with Gasteiger partial charge in [0.15, 0.2) is 0 Å². The Morgan fingerprint density at radius 1 is 0.864 bits per heavy atom. The molecule has 0 aliphatic rings. The van der Waals surface area contributed by atoms with E-state index in [1.54, 1.807) is 0 Å². The van der Waals surface area contributed by atoms with E-state index < -0.39 is 40.3 Å². The SMILES string of the molecule is C[N+](C)(C)C.Cl.O=C(O)c1cc(C(=O)O)c([O-])c(C(=O)O)c1. The number of carboxylic acid groups (broad SMARTS) is 3. The highest BCUT2D eigenvalue weighted by molar-refractivity contribution is 6.02. The molecule has 0 spiro atoms. The van der Waals surface area contributed by atoms with Gasteiger partial charge in [0.05, 0.1) is 44.9 Å². The lowest BCUT2D eigenvalue weighted by Crippen LogP contribution is -2.27. The van der Waals surface area contributed by atoms with Crippen molar-refractivity contribution in [2.24, 2.45) is 0 Å². The first-order chi connectivity index (χ1) is 9.34. The Morgan fingerprint density at radius 3 is 1.32 bits per heavy atom. The molecule has 0 aromatic heterocycles. The van der Waals surface area contributed by atoms with E-state index in [1.165, 1.54) is 0 Å². The van der Waals surface area contributed by atoms with E-state index in [-0.39, 0.29) is 12.4 Å². The number of aromatic carboxylic acids is 3. The summed E-state index contributed by atoms with van der Waals surface area (Å²) < 4.78 is 1.00. The second-order valence-corrected chi connectivity index (χ2v) is 5.50. The summed E-state index contributed by atoms with van der Waals surface area (Å²) in [7, 11) is 8.50. The highest BCUT2D eigenvalue weighted by atomic mass is 35.5. The molecule has 0 unspecified atom stereocenters. The van der Waals surface area contributed by atoms with Crippen molar-refractivity contribution in [3.05, 3.63) is 28.8 Å². The molecule has 0 amide bonds. The number of quaternary nitrogens is 1. The molecule has 1 aromatic carbocycles. The Hall–Kier alpha value is -2.32. The summed E-state index contributed by atoms with van der Waals surface area (Å²) in [5, 5.41) is 37.1. The van der Waals surface area contributed by atoms with E-state index in [0.717, 1.165) is 4.48 Å². The van der Waals surface area contributed by atoms with Crippen molar-refractivity contribution in [3.8, 4) is 5.75 Å². The highest BCUT2D eigenvalue weighted by Gasteiger charge is 2.16. The molecule has 0 aliphatic heterocycles. The first-order valence-corrected chi connectivity index (χ1v) is 5.68. The number of benzene rings is 1. The largest absolute Gasteiger partial charge is 0.871 e. The first-order valence-electron chi connectivity index (χ1n) is 5.68. The van der Waals surface area contributed by atoms with Gasteiger partial charge in [0.1, 0.15) is 0 Å². The van der Waals surface area contributed by atoms with Gasteiger partial charge < -0.3 is 24.9 Å². The summed E-state index contributed by atoms with van der Waals surface area (Å²) in [4.78, 5) is 31.7. The van der Waals surface area contributed by atoms with Gasteiger partial charge in [-0.05, 0) is 12.1 Å². The molecule has 0 bridgehead atoms. The third kappa shape index (κ3) is 7.46. The zero-order valence-electron chi connectivity index (χ0n) is 12.5. The van der Waals surface area contributed by atoms with Crippen LogP contribution in [-0.4, -0.2) is 65.9 Å². The van der Waals surface area contributed by atoms with Crippen molar-refractivity contribution >= 4 is 30.3 Å². The lowest BCUT2D eigenvalue weighted by molar-refractivity contribution is -0.849. The molecule has 1 aromatic rings. The van der Waals surface area contributed by atoms with Crippen molar-refractivity contribution < 1.29 is 39.3 Å². The molecule has 0 radical (unpaired) electrons. The number of carboxylic acids is 3. The number of carbonyl (C=O) groups is 3. The molecule has 0 fully saturated rings. The minimum Gasteiger partial charge on any atom is -0.871 e. The maximum atomic E-state index is 11.3. The number of halogens is 1. The minimum atomic E-state index is -1.67. The average molecular weight is 336 g/mol. The maximum Gasteiger partial charge on any atom is 0.335 e. The third-order valence-corrected chi connectivity index (χ3v) is 1.80. The van der Waals surface area contributed by atoms with E-state index in [9.17, 15) is 19.5 Å². The van der Waals surface area contributed by atoms with Crippen molar-refractivity contribution in [2.45, 2.75) is 0 Å². The van der Waals surface area contributed by atoms with Crippen LogP contribution in [0.1, 0.15) is 31.1 Å². The molecule has 1 rings (SSSR count). The van der Waals surface area contributed by atoms with Gasteiger partial charge in [-0.1, -0.05) is 5.75 Å². The van der Waals surface area contributed by atoms with E-state index in [0.29, 0.717) is 12.1 Å². The number of hydrogen-bond acceptors (Lipinski definition) is 4.